The molecular weight excluding hydrogens is 136 g/mol. The summed E-state index contributed by atoms with van der Waals surface area (Å²) < 4.78 is 5.66. The summed E-state index contributed by atoms with van der Waals surface area (Å²) in [5.41, 5.74) is 0. The Morgan fingerprint density at radius 3 is 2.73 bits per heavy atom. The van der Waals surface area contributed by atoms with Crippen molar-refractivity contribution < 1.29 is 4.74 Å². The molecule has 0 N–H and O–H groups in total. The largest absolute Gasteiger partial charge is 0.378 e. The third-order valence-corrected chi connectivity index (χ3v) is 2.36. The molecule has 1 aliphatic heterocycles. The standard InChI is InChI=1S/C10H20O/c1-8(2)6-10-7-9(3)4-5-11-10/h8-10H,4-7H2,1-3H3/t9-,10?/m1/s1. The van der Waals surface area contributed by atoms with Gasteiger partial charge in [-0.25, -0.2) is 0 Å². The Bertz CT molecular complexity index is 107. The molecule has 0 aromatic heterocycles. The van der Waals surface area contributed by atoms with Crippen LogP contribution in [0, 0.1) is 11.8 Å². The van der Waals surface area contributed by atoms with Crippen LogP contribution in [0.2, 0.25) is 0 Å². The van der Waals surface area contributed by atoms with E-state index in [2.05, 4.69) is 20.8 Å². The first kappa shape index (κ1) is 9.05. The van der Waals surface area contributed by atoms with Gasteiger partial charge >= 0.3 is 0 Å². The molecule has 1 nitrogen and oxygen atoms in total. The lowest BCUT2D eigenvalue weighted by atomic mass is 9.93. The van der Waals surface area contributed by atoms with E-state index in [-0.39, 0.29) is 0 Å². The summed E-state index contributed by atoms with van der Waals surface area (Å²) in [7, 11) is 0. The number of hydrogen-bond acceptors (Lipinski definition) is 1. The first-order valence-electron chi connectivity index (χ1n) is 4.80. The molecule has 0 aromatic carbocycles. The Morgan fingerprint density at radius 2 is 2.18 bits per heavy atom. The molecule has 0 radical (unpaired) electrons. The highest BCUT2D eigenvalue weighted by Gasteiger charge is 2.19. The molecule has 1 rings (SSSR count). The van der Waals surface area contributed by atoms with E-state index >= 15 is 0 Å². The van der Waals surface area contributed by atoms with Crippen molar-refractivity contribution in [1.29, 1.82) is 0 Å². The van der Waals surface area contributed by atoms with E-state index in [0.29, 0.717) is 6.10 Å². The van der Waals surface area contributed by atoms with Gasteiger partial charge in [-0.1, -0.05) is 20.8 Å². The fourth-order valence-electron chi connectivity index (χ4n) is 1.76. The Kier molecular flexibility index (Phi) is 3.38. The van der Waals surface area contributed by atoms with Crippen molar-refractivity contribution in [2.75, 3.05) is 6.61 Å². The number of rotatable bonds is 2. The maximum Gasteiger partial charge on any atom is 0.0580 e. The molecule has 1 fully saturated rings. The zero-order valence-electron chi connectivity index (χ0n) is 7.97. The molecule has 0 spiro atoms. The van der Waals surface area contributed by atoms with Gasteiger partial charge < -0.3 is 4.74 Å². The van der Waals surface area contributed by atoms with Crippen molar-refractivity contribution in [3.05, 3.63) is 0 Å². The molecule has 1 unspecified atom stereocenters. The van der Waals surface area contributed by atoms with Gasteiger partial charge in [0.15, 0.2) is 0 Å². The normalized spacial score (nSPS) is 32.7. The van der Waals surface area contributed by atoms with Gasteiger partial charge in [-0.15, -0.1) is 0 Å². The highest BCUT2D eigenvalue weighted by molar-refractivity contribution is 4.69. The van der Waals surface area contributed by atoms with Gasteiger partial charge in [0.05, 0.1) is 6.10 Å². The van der Waals surface area contributed by atoms with E-state index in [9.17, 15) is 0 Å². The van der Waals surface area contributed by atoms with E-state index in [1.54, 1.807) is 0 Å². The first-order valence-corrected chi connectivity index (χ1v) is 4.80. The van der Waals surface area contributed by atoms with Gasteiger partial charge in [-0.3, -0.25) is 0 Å². The van der Waals surface area contributed by atoms with Crippen molar-refractivity contribution in [2.45, 2.75) is 46.1 Å². The molecule has 1 aliphatic rings. The first-order chi connectivity index (χ1) is 5.18. The lowest BCUT2D eigenvalue weighted by molar-refractivity contribution is -0.0155. The number of hydrogen-bond donors (Lipinski definition) is 0. The predicted molar refractivity (Wildman–Crippen MR) is 47.6 cm³/mol. The summed E-state index contributed by atoms with van der Waals surface area (Å²) >= 11 is 0. The van der Waals surface area contributed by atoms with Crippen LogP contribution in [0.4, 0.5) is 0 Å². The van der Waals surface area contributed by atoms with Crippen molar-refractivity contribution in [3.8, 4) is 0 Å². The summed E-state index contributed by atoms with van der Waals surface area (Å²) in [6.07, 6.45) is 4.33. The molecule has 0 aromatic rings. The lowest BCUT2D eigenvalue weighted by Crippen LogP contribution is -2.25. The number of ether oxygens (including phenoxy) is 1. The van der Waals surface area contributed by atoms with E-state index < -0.39 is 0 Å². The molecule has 0 amide bonds. The van der Waals surface area contributed by atoms with Crippen molar-refractivity contribution in [3.63, 3.8) is 0 Å². The van der Waals surface area contributed by atoms with Crippen LogP contribution < -0.4 is 0 Å². The van der Waals surface area contributed by atoms with E-state index in [1.807, 2.05) is 0 Å². The summed E-state index contributed by atoms with van der Waals surface area (Å²) in [5.74, 6) is 1.66. The van der Waals surface area contributed by atoms with E-state index in [1.165, 1.54) is 19.3 Å². The van der Waals surface area contributed by atoms with Crippen LogP contribution in [-0.4, -0.2) is 12.7 Å². The minimum Gasteiger partial charge on any atom is -0.378 e. The second-order valence-electron chi connectivity index (χ2n) is 4.25. The maximum absolute atomic E-state index is 5.66. The Labute approximate surface area is 70.1 Å². The fraction of sp³-hybridized carbons (Fsp3) is 1.00. The highest BCUT2D eigenvalue weighted by Crippen LogP contribution is 2.23. The third-order valence-electron chi connectivity index (χ3n) is 2.36. The van der Waals surface area contributed by atoms with E-state index in [0.717, 1.165) is 18.4 Å². The SMILES string of the molecule is CC(C)CC1C[C@H](C)CCO1. The minimum atomic E-state index is 0.554. The second-order valence-corrected chi connectivity index (χ2v) is 4.25. The molecule has 2 atom stereocenters. The topological polar surface area (TPSA) is 9.23 Å². The molecule has 11 heavy (non-hydrogen) atoms. The minimum absolute atomic E-state index is 0.554. The average Bonchev–Trinajstić information content (AvgIpc) is 1.85. The Balaban J connectivity index is 2.23. The van der Waals surface area contributed by atoms with Gasteiger partial charge in [0.25, 0.3) is 0 Å². The molecule has 1 saturated heterocycles. The summed E-state index contributed by atoms with van der Waals surface area (Å²) in [6, 6.07) is 0. The Morgan fingerprint density at radius 1 is 1.45 bits per heavy atom. The maximum atomic E-state index is 5.66. The van der Waals surface area contributed by atoms with E-state index in [4.69, 9.17) is 4.74 Å². The molecule has 1 heteroatoms. The van der Waals surface area contributed by atoms with Crippen LogP contribution in [0.3, 0.4) is 0 Å². The lowest BCUT2D eigenvalue weighted by Gasteiger charge is -2.28. The fourth-order valence-corrected chi connectivity index (χ4v) is 1.76. The molecule has 66 valence electrons. The van der Waals surface area contributed by atoms with Crippen LogP contribution in [0.5, 0.6) is 0 Å². The second kappa shape index (κ2) is 4.10. The monoisotopic (exact) mass is 156 g/mol. The molecule has 0 saturated carbocycles. The van der Waals surface area contributed by atoms with Crippen LogP contribution in [0.25, 0.3) is 0 Å². The van der Waals surface area contributed by atoms with Gasteiger partial charge in [0, 0.05) is 6.61 Å². The third kappa shape index (κ3) is 3.24. The van der Waals surface area contributed by atoms with Gasteiger partial charge in [-0.2, -0.15) is 0 Å². The smallest absolute Gasteiger partial charge is 0.0580 e. The zero-order chi connectivity index (χ0) is 8.27. The van der Waals surface area contributed by atoms with Crippen LogP contribution in [0.15, 0.2) is 0 Å². The molecule has 0 aliphatic carbocycles. The molecular formula is C10H20O. The average molecular weight is 156 g/mol. The predicted octanol–water partition coefficient (Wildman–Crippen LogP) is 2.85. The summed E-state index contributed by atoms with van der Waals surface area (Å²) in [4.78, 5) is 0. The highest BCUT2D eigenvalue weighted by atomic mass is 16.5. The van der Waals surface area contributed by atoms with Gasteiger partial charge in [0.1, 0.15) is 0 Å². The molecule has 0 bridgehead atoms. The zero-order valence-corrected chi connectivity index (χ0v) is 7.97. The van der Waals surface area contributed by atoms with Crippen molar-refractivity contribution >= 4 is 0 Å². The van der Waals surface area contributed by atoms with Crippen LogP contribution >= 0.6 is 0 Å². The van der Waals surface area contributed by atoms with Crippen molar-refractivity contribution in [2.24, 2.45) is 11.8 Å². The van der Waals surface area contributed by atoms with Gasteiger partial charge in [0.2, 0.25) is 0 Å². The summed E-state index contributed by atoms with van der Waals surface area (Å²) in [6.45, 7) is 7.85. The Hall–Kier alpha value is -0.0400. The molecule has 1 heterocycles. The van der Waals surface area contributed by atoms with Gasteiger partial charge in [-0.05, 0) is 31.1 Å². The van der Waals surface area contributed by atoms with Crippen LogP contribution in [0.1, 0.15) is 40.0 Å². The van der Waals surface area contributed by atoms with Crippen LogP contribution in [-0.2, 0) is 4.74 Å². The van der Waals surface area contributed by atoms with Crippen molar-refractivity contribution in [1.82, 2.24) is 0 Å². The quantitative estimate of drug-likeness (QED) is 0.597. The summed E-state index contributed by atoms with van der Waals surface area (Å²) in [5, 5.41) is 0.